The van der Waals surface area contributed by atoms with Crippen LogP contribution < -0.4 is 11.1 Å². The molecule has 0 radical (unpaired) electrons. The topological polar surface area (TPSA) is 50.9 Å². The minimum Gasteiger partial charge on any atom is -0.380 e. The maximum atomic E-state index is 5.83. The van der Waals surface area contributed by atoms with E-state index >= 15 is 0 Å². The van der Waals surface area contributed by atoms with Gasteiger partial charge in [0, 0.05) is 25.0 Å². The van der Waals surface area contributed by atoms with Crippen molar-refractivity contribution >= 4 is 21.6 Å². The molecule has 0 spiro atoms. The van der Waals surface area contributed by atoms with E-state index in [-0.39, 0.29) is 6.04 Å². The van der Waals surface area contributed by atoms with Gasteiger partial charge in [-0.25, -0.2) is 0 Å². The molecule has 3 nitrogen and oxygen atoms in total. The zero-order valence-electron chi connectivity index (χ0n) is 10.0. The van der Waals surface area contributed by atoms with Crippen molar-refractivity contribution in [1.82, 2.24) is 4.98 Å². The second kappa shape index (κ2) is 6.52. The van der Waals surface area contributed by atoms with E-state index in [9.17, 15) is 0 Å². The van der Waals surface area contributed by atoms with E-state index in [2.05, 4.69) is 38.4 Å². The van der Waals surface area contributed by atoms with E-state index in [0.717, 1.165) is 16.6 Å². The van der Waals surface area contributed by atoms with E-state index in [1.165, 1.54) is 5.56 Å². The lowest BCUT2D eigenvalue weighted by Crippen LogP contribution is -2.31. The third-order valence-electron chi connectivity index (χ3n) is 2.74. The van der Waals surface area contributed by atoms with Crippen molar-refractivity contribution in [3.63, 3.8) is 0 Å². The van der Waals surface area contributed by atoms with Gasteiger partial charge in [0.1, 0.15) is 0 Å². The molecule has 1 heterocycles. The van der Waals surface area contributed by atoms with Crippen LogP contribution in [0.2, 0.25) is 0 Å². The zero-order valence-corrected chi connectivity index (χ0v) is 11.6. The molecule has 3 N–H and O–H groups in total. The van der Waals surface area contributed by atoms with Crippen LogP contribution in [0.25, 0.3) is 0 Å². The number of hydrogen-bond donors (Lipinski definition) is 2. The largest absolute Gasteiger partial charge is 0.380 e. The Morgan fingerprint density at radius 1 is 1.22 bits per heavy atom. The molecule has 0 aliphatic carbocycles. The van der Waals surface area contributed by atoms with Crippen molar-refractivity contribution in [2.45, 2.75) is 12.5 Å². The molecule has 0 bridgehead atoms. The van der Waals surface area contributed by atoms with E-state index in [1.54, 1.807) is 12.4 Å². The average molecular weight is 306 g/mol. The van der Waals surface area contributed by atoms with Crippen molar-refractivity contribution in [1.29, 1.82) is 0 Å². The van der Waals surface area contributed by atoms with Gasteiger partial charge in [0.25, 0.3) is 0 Å². The van der Waals surface area contributed by atoms with Crippen LogP contribution >= 0.6 is 15.9 Å². The Balaban J connectivity index is 2.04. The second-order valence-corrected chi connectivity index (χ2v) is 4.98. The van der Waals surface area contributed by atoms with Gasteiger partial charge in [0.15, 0.2) is 0 Å². The maximum Gasteiger partial charge on any atom is 0.0590 e. The van der Waals surface area contributed by atoms with Gasteiger partial charge in [-0.3, -0.25) is 4.98 Å². The fourth-order valence-electron chi connectivity index (χ4n) is 1.80. The molecular formula is C14H16BrN3. The van der Waals surface area contributed by atoms with Crippen LogP contribution in [-0.2, 0) is 6.42 Å². The number of anilines is 1. The van der Waals surface area contributed by atoms with E-state index in [1.807, 2.05) is 24.3 Å². The fourth-order valence-corrected chi connectivity index (χ4v) is 2.17. The summed E-state index contributed by atoms with van der Waals surface area (Å²) in [6.07, 6.45) is 4.45. The summed E-state index contributed by atoms with van der Waals surface area (Å²) in [4.78, 5) is 4.04. The Labute approximate surface area is 116 Å². The predicted molar refractivity (Wildman–Crippen MR) is 78.5 cm³/mol. The summed E-state index contributed by atoms with van der Waals surface area (Å²) in [7, 11) is 0. The van der Waals surface area contributed by atoms with Crippen LogP contribution in [0.5, 0.6) is 0 Å². The van der Waals surface area contributed by atoms with Crippen LogP contribution in [0.15, 0.2) is 53.3 Å². The molecular weight excluding hydrogens is 290 g/mol. The van der Waals surface area contributed by atoms with Crippen molar-refractivity contribution in [2.24, 2.45) is 5.73 Å². The monoisotopic (exact) mass is 305 g/mol. The minimum absolute atomic E-state index is 0.214. The van der Waals surface area contributed by atoms with Gasteiger partial charge in [-0.05, 0) is 34.0 Å². The summed E-state index contributed by atoms with van der Waals surface area (Å²) in [5.74, 6) is 0. The number of aromatic nitrogens is 1. The van der Waals surface area contributed by atoms with Gasteiger partial charge in [-0.15, -0.1) is 0 Å². The summed E-state index contributed by atoms with van der Waals surface area (Å²) >= 11 is 3.47. The maximum absolute atomic E-state index is 5.83. The molecule has 94 valence electrons. The van der Waals surface area contributed by atoms with Crippen LogP contribution in [0, 0.1) is 0 Å². The number of nitrogens with one attached hydrogen (secondary N) is 1. The number of hydrogen-bond acceptors (Lipinski definition) is 3. The molecule has 1 atom stereocenters. The summed E-state index contributed by atoms with van der Waals surface area (Å²) in [5, 5.41) is 3.43. The summed E-state index contributed by atoms with van der Waals surface area (Å²) < 4.78 is 0.955. The van der Waals surface area contributed by atoms with E-state index in [0.29, 0.717) is 6.54 Å². The molecule has 1 aromatic carbocycles. The highest BCUT2D eigenvalue weighted by molar-refractivity contribution is 9.10. The Bertz CT molecular complexity index is 487. The normalized spacial score (nSPS) is 12.1. The highest BCUT2D eigenvalue weighted by atomic mass is 79.9. The number of benzene rings is 1. The highest BCUT2D eigenvalue weighted by Gasteiger charge is 2.09. The van der Waals surface area contributed by atoms with Gasteiger partial charge < -0.3 is 11.1 Å². The van der Waals surface area contributed by atoms with Crippen molar-refractivity contribution < 1.29 is 0 Å². The highest BCUT2D eigenvalue weighted by Crippen LogP contribution is 2.21. The molecule has 4 heteroatoms. The van der Waals surface area contributed by atoms with Crippen molar-refractivity contribution in [3.8, 4) is 0 Å². The molecule has 2 aromatic rings. The first-order valence-corrected chi connectivity index (χ1v) is 6.69. The number of nitrogens with two attached hydrogens (primary N) is 1. The molecule has 0 aliphatic heterocycles. The fraction of sp³-hybridized carbons (Fsp3) is 0.214. The molecule has 1 unspecified atom stereocenters. The summed E-state index contributed by atoms with van der Waals surface area (Å²) in [6.45, 7) is 0.587. The first-order chi connectivity index (χ1) is 8.79. The van der Waals surface area contributed by atoms with Crippen molar-refractivity contribution in [2.75, 3.05) is 11.9 Å². The lowest BCUT2D eigenvalue weighted by Gasteiger charge is -2.19. The summed E-state index contributed by atoms with van der Waals surface area (Å²) in [5.41, 5.74) is 8.13. The van der Waals surface area contributed by atoms with Gasteiger partial charge >= 0.3 is 0 Å². The minimum atomic E-state index is 0.214. The van der Waals surface area contributed by atoms with Gasteiger partial charge in [-0.1, -0.05) is 30.3 Å². The zero-order chi connectivity index (χ0) is 12.8. The Morgan fingerprint density at radius 2 is 2.00 bits per heavy atom. The van der Waals surface area contributed by atoms with Gasteiger partial charge in [0.2, 0.25) is 0 Å². The second-order valence-electron chi connectivity index (χ2n) is 4.12. The number of halogens is 1. The Kier molecular flexibility index (Phi) is 4.73. The van der Waals surface area contributed by atoms with Crippen LogP contribution in [0.3, 0.4) is 0 Å². The van der Waals surface area contributed by atoms with E-state index in [4.69, 9.17) is 5.73 Å². The Morgan fingerprint density at radius 3 is 2.67 bits per heavy atom. The number of nitrogens with zero attached hydrogens (tertiary/aromatic N) is 1. The standard InChI is InChI=1S/C14H16BrN3/c15-13-10-17-7-6-14(13)18-12(9-16)8-11-4-2-1-3-5-11/h1-7,10,12H,8-9,16H2,(H,17,18). The third-order valence-corrected chi connectivity index (χ3v) is 3.37. The Hall–Kier alpha value is -1.39. The molecule has 0 saturated carbocycles. The van der Waals surface area contributed by atoms with E-state index < -0.39 is 0 Å². The lowest BCUT2D eigenvalue weighted by molar-refractivity contribution is 0.723. The lowest BCUT2D eigenvalue weighted by atomic mass is 10.1. The first kappa shape index (κ1) is 13.1. The third kappa shape index (κ3) is 3.55. The molecule has 0 amide bonds. The molecule has 2 rings (SSSR count). The number of rotatable bonds is 5. The SMILES string of the molecule is NCC(Cc1ccccc1)Nc1ccncc1Br. The van der Waals surface area contributed by atoms with Gasteiger partial charge in [-0.2, -0.15) is 0 Å². The quantitative estimate of drug-likeness (QED) is 0.893. The first-order valence-electron chi connectivity index (χ1n) is 5.89. The average Bonchev–Trinajstić information content (AvgIpc) is 2.41. The van der Waals surface area contributed by atoms with Crippen molar-refractivity contribution in [3.05, 3.63) is 58.8 Å². The molecule has 0 fully saturated rings. The van der Waals surface area contributed by atoms with Crippen LogP contribution in [0.1, 0.15) is 5.56 Å². The molecule has 0 saturated heterocycles. The van der Waals surface area contributed by atoms with Crippen LogP contribution in [0.4, 0.5) is 5.69 Å². The smallest absolute Gasteiger partial charge is 0.0590 e. The van der Waals surface area contributed by atoms with Gasteiger partial charge in [0.05, 0.1) is 10.2 Å². The molecule has 0 aliphatic rings. The molecule has 1 aromatic heterocycles. The summed E-state index contributed by atoms with van der Waals surface area (Å²) in [6, 6.07) is 12.5. The molecule has 18 heavy (non-hydrogen) atoms. The predicted octanol–water partition coefficient (Wildman–Crippen LogP) is 2.83. The van der Waals surface area contributed by atoms with Crippen LogP contribution in [-0.4, -0.2) is 17.6 Å². The number of pyridine rings is 1.